The molecule has 0 aliphatic carbocycles. The molecule has 1 amide bonds. The summed E-state index contributed by atoms with van der Waals surface area (Å²) < 4.78 is 4.49. The first-order chi connectivity index (χ1) is 8.08. The summed E-state index contributed by atoms with van der Waals surface area (Å²) in [5, 5.41) is 8.88. The van der Waals surface area contributed by atoms with Crippen LogP contribution in [-0.4, -0.2) is 40.2 Å². The second-order valence-electron chi connectivity index (χ2n) is 3.57. The monoisotopic (exact) mass is 240 g/mol. The number of ether oxygens (including phenoxy) is 1. The second-order valence-corrected chi connectivity index (χ2v) is 3.57. The molecule has 1 rings (SSSR count). The van der Waals surface area contributed by atoms with Gasteiger partial charge in [-0.1, -0.05) is 6.92 Å². The Labute approximate surface area is 99.0 Å². The highest BCUT2D eigenvalue weighted by molar-refractivity contribution is 5.93. The van der Waals surface area contributed by atoms with Crippen LogP contribution in [0.5, 0.6) is 0 Å². The molecule has 0 aromatic carbocycles. The van der Waals surface area contributed by atoms with Crippen LogP contribution >= 0.6 is 0 Å². The first-order valence-corrected chi connectivity index (χ1v) is 5.38. The Morgan fingerprint density at radius 2 is 2.24 bits per heavy atom. The van der Waals surface area contributed by atoms with Gasteiger partial charge in [-0.25, -0.2) is 9.78 Å². The number of carbonyl (C=O) groups is 2. The number of hydrogen-bond acceptors (Lipinski definition) is 5. The van der Waals surface area contributed by atoms with Gasteiger partial charge in [0.2, 0.25) is 5.82 Å². The van der Waals surface area contributed by atoms with E-state index in [1.54, 1.807) is 0 Å². The van der Waals surface area contributed by atoms with Gasteiger partial charge in [-0.2, -0.15) is 0 Å². The second kappa shape index (κ2) is 5.97. The van der Waals surface area contributed by atoms with Crippen molar-refractivity contribution < 1.29 is 14.3 Å². The minimum absolute atomic E-state index is 0.0317. The quantitative estimate of drug-likeness (QED) is 0.709. The number of H-pyrrole nitrogens is 1. The number of esters is 1. The molecule has 0 aliphatic rings. The number of hydrogen-bond donors (Lipinski definition) is 2. The lowest BCUT2D eigenvalue weighted by atomic mass is 10.3. The molecule has 1 heterocycles. The van der Waals surface area contributed by atoms with Crippen molar-refractivity contribution in [1.82, 2.24) is 20.5 Å². The number of aromatic nitrogens is 3. The zero-order valence-electron chi connectivity index (χ0n) is 10.1. The van der Waals surface area contributed by atoms with E-state index in [-0.39, 0.29) is 5.82 Å². The Balaban J connectivity index is 2.60. The number of aromatic amines is 1. The minimum atomic E-state index is -0.722. The van der Waals surface area contributed by atoms with Crippen LogP contribution in [0.2, 0.25) is 0 Å². The summed E-state index contributed by atoms with van der Waals surface area (Å²) in [6.45, 7) is 3.53. The summed E-state index contributed by atoms with van der Waals surface area (Å²) in [7, 11) is 1.26. The Bertz CT molecular complexity index is 402. The fraction of sp³-hybridized carbons (Fsp3) is 0.600. The van der Waals surface area contributed by atoms with Gasteiger partial charge < -0.3 is 10.1 Å². The van der Waals surface area contributed by atoms with E-state index in [1.807, 2.05) is 6.92 Å². The van der Waals surface area contributed by atoms with Gasteiger partial charge in [-0.3, -0.25) is 9.89 Å². The Hall–Kier alpha value is -1.92. The fourth-order valence-corrected chi connectivity index (χ4v) is 1.24. The molecule has 0 fully saturated rings. The number of carbonyl (C=O) groups excluding carboxylic acids is 2. The molecule has 0 radical (unpaired) electrons. The summed E-state index contributed by atoms with van der Waals surface area (Å²) >= 11 is 0. The lowest BCUT2D eigenvalue weighted by Gasteiger charge is -2.09. The fourth-order valence-electron chi connectivity index (χ4n) is 1.24. The topological polar surface area (TPSA) is 97.0 Å². The highest BCUT2D eigenvalue weighted by Gasteiger charge is 2.19. The van der Waals surface area contributed by atoms with E-state index in [4.69, 9.17) is 0 Å². The summed E-state index contributed by atoms with van der Waals surface area (Å²) in [6, 6.07) is -0.722. The van der Waals surface area contributed by atoms with Crippen LogP contribution in [0.25, 0.3) is 0 Å². The zero-order chi connectivity index (χ0) is 12.8. The number of methoxy groups -OCH3 is 1. The smallest absolute Gasteiger partial charge is 0.328 e. The van der Waals surface area contributed by atoms with Gasteiger partial charge in [-0.05, 0) is 13.3 Å². The number of nitrogens with one attached hydrogen (secondary N) is 2. The van der Waals surface area contributed by atoms with Crippen LogP contribution in [0, 0.1) is 0 Å². The molecule has 7 nitrogen and oxygen atoms in total. The maximum absolute atomic E-state index is 11.6. The van der Waals surface area contributed by atoms with Crippen LogP contribution in [0.3, 0.4) is 0 Å². The Morgan fingerprint density at radius 3 is 2.82 bits per heavy atom. The van der Waals surface area contributed by atoms with Crippen molar-refractivity contribution in [3.05, 3.63) is 11.6 Å². The maximum Gasteiger partial charge on any atom is 0.328 e. The molecule has 0 unspecified atom stereocenters. The number of rotatable bonds is 5. The van der Waals surface area contributed by atoms with Crippen LogP contribution < -0.4 is 5.32 Å². The van der Waals surface area contributed by atoms with Gasteiger partial charge in [-0.15, -0.1) is 5.10 Å². The van der Waals surface area contributed by atoms with Crippen LogP contribution in [0.15, 0.2) is 0 Å². The Kier molecular flexibility index (Phi) is 4.62. The SMILES string of the molecule is CCCc1nc(C(=O)N[C@@H](C)C(=O)OC)n[nH]1. The molecule has 0 saturated heterocycles. The third-order valence-corrected chi connectivity index (χ3v) is 2.12. The molecular formula is C10H16N4O3. The standard InChI is InChI=1S/C10H16N4O3/c1-4-5-7-12-8(14-13-7)9(15)11-6(2)10(16)17-3/h6H,4-5H2,1-3H3,(H,11,15)(H,12,13,14)/t6-/m0/s1. The molecule has 17 heavy (non-hydrogen) atoms. The van der Waals surface area contributed by atoms with Crippen molar-refractivity contribution in [2.45, 2.75) is 32.7 Å². The first-order valence-electron chi connectivity index (χ1n) is 5.38. The largest absolute Gasteiger partial charge is 0.467 e. The predicted octanol–water partition coefficient (Wildman–Crippen LogP) is 0.0485. The highest BCUT2D eigenvalue weighted by Crippen LogP contribution is 1.97. The molecule has 1 atom stereocenters. The molecule has 94 valence electrons. The molecule has 0 saturated carbocycles. The van der Waals surface area contributed by atoms with Crippen LogP contribution in [0.4, 0.5) is 0 Å². The molecule has 1 aromatic heterocycles. The third-order valence-electron chi connectivity index (χ3n) is 2.12. The van der Waals surface area contributed by atoms with Crippen LogP contribution in [-0.2, 0) is 16.0 Å². The molecular weight excluding hydrogens is 224 g/mol. The summed E-state index contributed by atoms with van der Waals surface area (Å²) in [6.07, 6.45) is 1.64. The van der Waals surface area contributed by atoms with Gasteiger partial charge in [0.25, 0.3) is 5.91 Å². The lowest BCUT2D eigenvalue weighted by Crippen LogP contribution is -2.39. The van der Waals surface area contributed by atoms with E-state index in [9.17, 15) is 9.59 Å². The van der Waals surface area contributed by atoms with Crippen molar-refractivity contribution in [2.24, 2.45) is 0 Å². The van der Waals surface area contributed by atoms with E-state index >= 15 is 0 Å². The summed E-state index contributed by atoms with van der Waals surface area (Å²) in [4.78, 5) is 26.7. The van der Waals surface area contributed by atoms with E-state index in [0.717, 1.165) is 12.8 Å². The molecule has 2 N–H and O–H groups in total. The average Bonchev–Trinajstić information content (AvgIpc) is 2.77. The van der Waals surface area contributed by atoms with E-state index in [1.165, 1.54) is 14.0 Å². The van der Waals surface area contributed by atoms with E-state index < -0.39 is 17.9 Å². The van der Waals surface area contributed by atoms with Crippen molar-refractivity contribution in [2.75, 3.05) is 7.11 Å². The number of aryl methyl sites for hydroxylation is 1. The molecule has 0 bridgehead atoms. The van der Waals surface area contributed by atoms with Gasteiger partial charge >= 0.3 is 5.97 Å². The highest BCUT2D eigenvalue weighted by atomic mass is 16.5. The molecule has 0 spiro atoms. The van der Waals surface area contributed by atoms with Crippen molar-refractivity contribution in [3.63, 3.8) is 0 Å². The first kappa shape index (κ1) is 13.1. The van der Waals surface area contributed by atoms with Crippen molar-refractivity contribution in [3.8, 4) is 0 Å². The summed E-state index contributed by atoms with van der Waals surface area (Å²) in [5.74, 6) is -0.322. The average molecular weight is 240 g/mol. The minimum Gasteiger partial charge on any atom is -0.467 e. The zero-order valence-corrected chi connectivity index (χ0v) is 10.1. The van der Waals surface area contributed by atoms with Gasteiger partial charge in [0.1, 0.15) is 11.9 Å². The molecule has 1 aromatic rings. The molecule has 7 heteroatoms. The summed E-state index contributed by atoms with van der Waals surface area (Å²) in [5.41, 5.74) is 0. The normalized spacial score (nSPS) is 11.9. The van der Waals surface area contributed by atoms with Crippen molar-refractivity contribution in [1.29, 1.82) is 0 Å². The van der Waals surface area contributed by atoms with Gasteiger partial charge in [0.05, 0.1) is 7.11 Å². The molecule has 0 aliphatic heterocycles. The Morgan fingerprint density at radius 1 is 1.53 bits per heavy atom. The van der Waals surface area contributed by atoms with Gasteiger partial charge in [0, 0.05) is 6.42 Å². The number of amides is 1. The lowest BCUT2D eigenvalue weighted by molar-refractivity contribution is -0.142. The van der Waals surface area contributed by atoms with E-state index in [0.29, 0.717) is 5.82 Å². The van der Waals surface area contributed by atoms with Gasteiger partial charge in [0.15, 0.2) is 0 Å². The van der Waals surface area contributed by atoms with E-state index in [2.05, 4.69) is 25.2 Å². The van der Waals surface area contributed by atoms with Crippen LogP contribution in [0.1, 0.15) is 36.7 Å². The maximum atomic E-state index is 11.6. The van der Waals surface area contributed by atoms with Crippen molar-refractivity contribution >= 4 is 11.9 Å². The third kappa shape index (κ3) is 3.54. The number of nitrogens with zero attached hydrogens (tertiary/aromatic N) is 2. The predicted molar refractivity (Wildman–Crippen MR) is 59.3 cm³/mol.